The molecule has 0 radical (unpaired) electrons. The van der Waals surface area contributed by atoms with E-state index in [0.29, 0.717) is 6.10 Å². The van der Waals surface area contributed by atoms with Crippen LogP contribution in [0.4, 0.5) is 0 Å². The lowest BCUT2D eigenvalue weighted by Crippen LogP contribution is -2.33. The molecule has 0 heterocycles. The van der Waals surface area contributed by atoms with Crippen LogP contribution >= 0.6 is 0 Å². The van der Waals surface area contributed by atoms with Gasteiger partial charge in [-0.15, -0.1) is 0 Å². The summed E-state index contributed by atoms with van der Waals surface area (Å²) in [6, 6.07) is 0.771. The molecule has 1 N–H and O–H groups in total. The van der Waals surface area contributed by atoms with Gasteiger partial charge in [-0.3, -0.25) is 0 Å². The predicted molar refractivity (Wildman–Crippen MR) is 46.7 cm³/mol. The van der Waals surface area contributed by atoms with E-state index in [2.05, 4.69) is 12.2 Å². The molecule has 0 spiro atoms. The Morgan fingerprint density at radius 1 is 1.45 bits per heavy atom. The Hall–Kier alpha value is -0.0800. The van der Waals surface area contributed by atoms with Crippen molar-refractivity contribution in [3.05, 3.63) is 0 Å². The van der Waals surface area contributed by atoms with Crippen molar-refractivity contribution in [1.82, 2.24) is 5.32 Å². The summed E-state index contributed by atoms with van der Waals surface area (Å²) < 4.78 is 5.15. The Balaban J connectivity index is 2.01. The van der Waals surface area contributed by atoms with E-state index in [1.165, 1.54) is 25.7 Å². The van der Waals surface area contributed by atoms with E-state index < -0.39 is 0 Å². The van der Waals surface area contributed by atoms with E-state index in [4.69, 9.17) is 4.74 Å². The lowest BCUT2D eigenvalue weighted by molar-refractivity contribution is 0.114. The van der Waals surface area contributed by atoms with Gasteiger partial charge in [0.1, 0.15) is 0 Å². The molecule has 1 fully saturated rings. The van der Waals surface area contributed by atoms with Crippen molar-refractivity contribution >= 4 is 0 Å². The molecule has 0 aliphatic heterocycles. The number of rotatable bonds is 4. The van der Waals surface area contributed by atoms with Gasteiger partial charge in [-0.05, 0) is 19.8 Å². The number of ether oxygens (including phenoxy) is 1. The lowest BCUT2D eigenvalue weighted by atomic mass is 10.2. The van der Waals surface area contributed by atoms with Crippen molar-refractivity contribution in [3.63, 3.8) is 0 Å². The van der Waals surface area contributed by atoms with E-state index in [1.54, 1.807) is 7.11 Å². The highest BCUT2D eigenvalue weighted by Crippen LogP contribution is 2.17. The van der Waals surface area contributed by atoms with Crippen LogP contribution in [0.5, 0.6) is 0 Å². The molecule has 0 aromatic rings. The number of hydrogen-bond acceptors (Lipinski definition) is 2. The Bertz CT molecular complexity index is 99.7. The third-order valence-corrected chi connectivity index (χ3v) is 2.45. The summed E-state index contributed by atoms with van der Waals surface area (Å²) in [5, 5.41) is 3.51. The molecule has 0 bridgehead atoms. The van der Waals surface area contributed by atoms with Crippen molar-refractivity contribution in [2.24, 2.45) is 0 Å². The van der Waals surface area contributed by atoms with Crippen molar-refractivity contribution in [2.45, 2.75) is 44.8 Å². The van der Waals surface area contributed by atoms with Gasteiger partial charge in [-0.2, -0.15) is 0 Å². The van der Waals surface area contributed by atoms with Crippen LogP contribution in [0.2, 0.25) is 0 Å². The van der Waals surface area contributed by atoms with E-state index in [9.17, 15) is 0 Å². The maximum Gasteiger partial charge on any atom is 0.0667 e. The van der Waals surface area contributed by atoms with Crippen LogP contribution in [0.25, 0.3) is 0 Å². The minimum absolute atomic E-state index is 0.357. The molecular formula is C9H19NO. The standard InChI is InChI=1S/C9H19NO/c1-8(11-2)7-10-9-5-3-4-6-9/h8-10H,3-7H2,1-2H3. The molecule has 11 heavy (non-hydrogen) atoms. The lowest BCUT2D eigenvalue weighted by Gasteiger charge is -2.15. The van der Waals surface area contributed by atoms with Gasteiger partial charge in [0.2, 0.25) is 0 Å². The second-order valence-electron chi connectivity index (χ2n) is 3.44. The molecule has 0 aromatic heterocycles. The minimum Gasteiger partial charge on any atom is -0.380 e. The molecule has 66 valence electrons. The zero-order valence-corrected chi connectivity index (χ0v) is 7.60. The van der Waals surface area contributed by atoms with E-state index >= 15 is 0 Å². The van der Waals surface area contributed by atoms with E-state index in [-0.39, 0.29) is 0 Å². The third kappa shape index (κ3) is 3.21. The van der Waals surface area contributed by atoms with Crippen LogP contribution < -0.4 is 5.32 Å². The highest BCUT2D eigenvalue weighted by molar-refractivity contribution is 4.74. The molecule has 2 nitrogen and oxygen atoms in total. The molecule has 1 unspecified atom stereocenters. The summed E-state index contributed by atoms with van der Waals surface area (Å²) in [6.45, 7) is 3.10. The summed E-state index contributed by atoms with van der Waals surface area (Å²) in [6.07, 6.45) is 5.88. The first-order chi connectivity index (χ1) is 5.33. The average Bonchev–Trinajstić information content (AvgIpc) is 2.52. The van der Waals surface area contributed by atoms with Crippen LogP contribution in [0, 0.1) is 0 Å². The van der Waals surface area contributed by atoms with Crippen molar-refractivity contribution in [1.29, 1.82) is 0 Å². The Morgan fingerprint density at radius 2 is 2.09 bits per heavy atom. The van der Waals surface area contributed by atoms with Gasteiger partial charge in [0, 0.05) is 19.7 Å². The first kappa shape index (κ1) is 9.01. The largest absolute Gasteiger partial charge is 0.380 e. The zero-order valence-electron chi connectivity index (χ0n) is 7.60. The molecule has 1 saturated carbocycles. The molecular weight excluding hydrogens is 138 g/mol. The molecule has 0 saturated heterocycles. The van der Waals surface area contributed by atoms with Gasteiger partial charge in [-0.25, -0.2) is 0 Å². The second-order valence-corrected chi connectivity index (χ2v) is 3.44. The molecule has 0 amide bonds. The van der Waals surface area contributed by atoms with Crippen LogP contribution in [0.1, 0.15) is 32.6 Å². The van der Waals surface area contributed by atoms with Gasteiger partial charge < -0.3 is 10.1 Å². The summed E-state index contributed by atoms with van der Waals surface area (Å²) >= 11 is 0. The van der Waals surface area contributed by atoms with Crippen molar-refractivity contribution in [2.75, 3.05) is 13.7 Å². The smallest absolute Gasteiger partial charge is 0.0667 e. The van der Waals surface area contributed by atoms with Gasteiger partial charge in [-0.1, -0.05) is 12.8 Å². The Labute approximate surface area is 69.3 Å². The molecule has 1 aliphatic carbocycles. The molecule has 0 aromatic carbocycles. The number of methoxy groups -OCH3 is 1. The number of nitrogens with one attached hydrogen (secondary N) is 1. The maximum absolute atomic E-state index is 5.15. The summed E-state index contributed by atoms with van der Waals surface area (Å²) in [5.74, 6) is 0. The fourth-order valence-electron chi connectivity index (χ4n) is 1.55. The normalized spacial score (nSPS) is 22.4. The van der Waals surface area contributed by atoms with Crippen LogP contribution in [-0.2, 0) is 4.74 Å². The SMILES string of the molecule is COC(C)CNC1CCCC1. The third-order valence-electron chi connectivity index (χ3n) is 2.45. The topological polar surface area (TPSA) is 21.3 Å². The predicted octanol–water partition coefficient (Wildman–Crippen LogP) is 1.55. The summed E-state index contributed by atoms with van der Waals surface area (Å²) in [4.78, 5) is 0. The first-order valence-corrected chi connectivity index (χ1v) is 4.59. The van der Waals surface area contributed by atoms with Gasteiger partial charge in [0.15, 0.2) is 0 Å². The molecule has 2 heteroatoms. The Morgan fingerprint density at radius 3 is 2.64 bits per heavy atom. The van der Waals surface area contributed by atoms with Crippen molar-refractivity contribution < 1.29 is 4.74 Å². The Kier molecular flexibility index (Phi) is 3.87. The average molecular weight is 157 g/mol. The quantitative estimate of drug-likeness (QED) is 0.668. The molecule has 1 aliphatic rings. The summed E-state index contributed by atoms with van der Waals surface area (Å²) in [5.41, 5.74) is 0. The van der Waals surface area contributed by atoms with Crippen molar-refractivity contribution in [3.8, 4) is 0 Å². The highest BCUT2D eigenvalue weighted by Gasteiger charge is 2.14. The maximum atomic E-state index is 5.15. The van der Waals surface area contributed by atoms with Crippen LogP contribution in [-0.4, -0.2) is 25.8 Å². The fraction of sp³-hybridized carbons (Fsp3) is 1.00. The van der Waals surface area contributed by atoms with E-state index in [0.717, 1.165) is 12.6 Å². The van der Waals surface area contributed by atoms with Gasteiger partial charge in [0.25, 0.3) is 0 Å². The zero-order chi connectivity index (χ0) is 8.10. The van der Waals surface area contributed by atoms with Crippen LogP contribution in [0.3, 0.4) is 0 Å². The highest BCUT2D eigenvalue weighted by atomic mass is 16.5. The first-order valence-electron chi connectivity index (χ1n) is 4.59. The summed E-state index contributed by atoms with van der Waals surface area (Å²) in [7, 11) is 1.76. The van der Waals surface area contributed by atoms with Gasteiger partial charge >= 0.3 is 0 Å². The van der Waals surface area contributed by atoms with Crippen LogP contribution in [0.15, 0.2) is 0 Å². The minimum atomic E-state index is 0.357. The second kappa shape index (κ2) is 4.73. The fourth-order valence-corrected chi connectivity index (χ4v) is 1.55. The molecule has 1 rings (SSSR count). The van der Waals surface area contributed by atoms with Gasteiger partial charge in [0.05, 0.1) is 6.10 Å². The van der Waals surface area contributed by atoms with E-state index in [1.807, 2.05) is 0 Å². The number of hydrogen-bond donors (Lipinski definition) is 1. The molecule has 1 atom stereocenters. The monoisotopic (exact) mass is 157 g/mol.